The summed E-state index contributed by atoms with van der Waals surface area (Å²) in [5, 5.41) is 8.11. The molecule has 0 bridgehead atoms. The molecular formula is C18H34IN5S. The van der Waals surface area contributed by atoms with Gasteiger partial charge in [-0.15, -0.1) is 35.3 Å². The third kappa shape index (κ3) is 7.38. The van der Waals surface area contributed by atoms with Crippen molar-refractivity contribution in [1.82, 2.24) is 20.5 Å². The van der Waals surface area contributed by atoms with E-state index in [-0.39, 0.29) is 24.0 Å². The van der Waals surface area contributed by atoms with Crippen LogP contribution in [0.25, 0.3) is 0 Å². The first-order chi connectivity index (χ1) is 11.5. The molecule has 2 heterocycles. The van der Waals surface area contributed by atoms with Gasteiger partial charge in [-0.2, -0.15) is 0 Å². The van der Waals surface area contributed by atoms with E-state index in [0.717, 1.165) is 31.2 Å². The first kappa shape index (κ1) is 22.6. The van der Waals surface area contributed by atoms with Crippen LogP contribution in [0.2, 0.25) is 0 Å². The maximum absolute atomic E-state index is 4.59. The number of thiazole rings is 1. The molecule has 144 valence electrons. The Kier molecular flexibility index (Phi) is 10.3. The Bertz CT molecular complexity index is 524. The molecular weight excluding hydrogens is 445 g/mol. The highest BCUT2D eigenvalue weighted by atomic mass is 127. The van der Waals surface area contributed by atoms with Gasteiger partial charge in [0.2, 0.25) is 0 Å². The molecule has 7 heteroatoms. The molecule has 0 radical (unpaired) electrons. The van der Waals surface area contributed by atoms with Crippen LogP contribution >= 0.6 is 35.3 Å². The van der Waals surface area contributed by atoms with E-state index in [0.29, 0.717) is 12.0 Å². The van der Waals surface area contributed by atoms with Crippen LogP contribution in [-0.4, -0.2) is 55.1 Å². The summed E-state index contributed by atoms with van der Waals surface area (Å²) in [5.74, 6) is 1.62. The molecule has 1 aliphatic heterocycles. The van der Waals surface area contributed by atoms with Crippen molar-refractivity contribution in [3.63, 3.8) is 0 Å². The second kappa shape index (κ2) is 11.3. The number of aryl methyl sites for hydroxylation is 2. The van der Waals surface area contributed by atoms with Crippen LogP contribution in [0.5, 0.6) is 0 Å². The quantitative estimate of drug-likeness (QED) is 0.374. The van der Waals surface area contributed by atoms with Gasteiger partial charge < -0.3 is 15.5 Å². The van der Waals surface area contributed by atoms with Crippen molar-refractivity contribution in [2.45, 2.75) is 53.0 Å². The van der Waals surface area contributed by atoms with E-state index in [1.807, 2.05) is 7.05 Å². The first-order valence-electron chi connectivity index (χ1n) is 9.11. The smallest absolute Gasteiger partial charge is 0.191 e. The number of guanidine groups is 1. The largest absolute Gasteiger partial charge is 0.356 e. The number of hydrogen-bond donors (Lipinski definition) is 2. The second-order valence-corrected chi connectivity index (χ2v) is 8.26. The zero-order valence-electron chi connectivity index (χ0n) is 16.3. The van der Waals surface area contributed by atoms with Gasteiger partial charge in [-0.25, -0.2) is 4.98 Å². The predicted molar refractivity (Wildman–Crippen MR) is 120 cm³/mol. The molecule has 1 saturated heterocycles. The Labute approximate surface area is 174 Å². The lowest BCUT2D eigenvalue weighted by Gasteiger charge is -2.35. The van der Waals surface area contributed by atoms with E-state index in [4.69, 9.17) is 0 Å². The third-order valence-electron chi connectivity index (χ3n) is 4.77. The Morgan fingerprint density at radius 1 is 1.36 bits per heavy atom. The fourth-order valence-electron chi connectivity index (χ4n) is 3.13. The molecule has 2 N–H and O–H groups in total. The number of rotatable bonds is 6. The summed E-state index contributed by atoms with van der Waals surface area (Å²) in [7, 11) is 1.84. The fourth-order valence-corrected chi connectivity index (χ4v) is 4.06. The van der Waals surface area contributed by atoms with Gasteiger partial charge in [0.15, 0.2) is 5.96 Å². The third-order valence-corrected chi connectivity index (χ3v) is 5.90. The van der Waals surface area contributed by atoms with E-state index in [9.17, 15) is 0 Å². The summed E-state index contributed by atoms with van der Waals surface area (Å²) in [5.41, 5.74) is 1.16. The summed E-state index contributed by atoms with van der Waals surface area (Å²) in [4.78, 5) is 12.8. The molecule has 0 aromatic carbocycles. The Hall–Kier alpha value is -0.410. The monoisotopic (exact) mass is 479 g/mol. The SMILES string of the molecule is CN=C(NCCc1nc(C)c(C)s1)NCC1CCCN(C(C)C)C1.I. The van der Waals surface area contributed by atoms with Gasteiger partial charge in [-0.05, 0) is 53.0 Å². The van der Waals surface area contributed by atoms with Crippen LogP contribution in [0.3, 0.4) is 0 Å². The van der Waals surface area contributed by atoms with Crippen LogP contribution < -0.4 is 10.6 Å². The number of halogens is 1. The number of aromatic nitrogens is 1. The standard InChI is InChI=1S/C18H33N5S.HI/c1-13(2)23-10-6-7-16(12-23)11-21-18(19-5)20-9-8-17-22-14(3)15(4)24-17;/h13,16H,6-12H2,1-5H3,(H2,19,20,21);1H. The zero-order chi connectivity index (χ0) is 17.5. The first-order valence-corrected chi connectivity index (χ1v) is 9.92. The molecule has 0 saturated carbocycles. The predicted octanol–water partition coefficient (Wildman–Crippen LogP) is 3.21. The van der Waals surface area contributed by atoms with E-state index < -0.39 is 0 Å². The lowest BCUT2D eigenvalue weighted by atomic mass is 9.97. The van der Waals surface area contributed by atoms with Crippen molar-refractivity contribution in [2.75, 3.05) is 33.2 Å². The van der Waals surface area contributed by atoms with Crippen LogP contribution in [0, 0.1) is 19.8 Å². The average Bonchev–Trinajstić information content (AvgIpc) is 2.89. The number of nitrogens with zero attached hydrogens (tertiary/aromatic N) is 3. The van der Waals surface area contributed by atoms with Crippen LogP contribution in [0.1, 0.15) is 42.3 Å². The molecule has 1 aromatic rings. The normalized spacial score (nSPS) is 19.0. The van der Waals surface area contributed by atoms with Crippen LogP contribution in [0.4, 0.5) is 0 Å². The van der Waals surface area contributed by atoms with Crippen molar-refractivity contribution in [3.05, 3.63) is 15.6 Å². The van der Waals surface area contributed by atoms with E-state index >= 15 is 0 Å². The van der Waals surface area contributed by atoms with E-state index in [1.165, 1.54) is 35.8 Å². The van der Waals surface area contributed by atoms with Crippen LogP contribution in [0.15, 0.2) is 4.99 Å². The minimum atomic E-state index is 0. The molecule has 1 atom stereocenters. The maximum atomic E-state index is 4.59. The molecule has 2 rings (SSSR count). The number of piperidine rings is 1. The maximum Gasteiger partial charge on any atom is 0.191 e. The van der Waals surface area contributed by atoms with Gasteiger partial charge in [-0.3, -0.25) is 4.99 Å². The topological polar surface area (TPSA) is 52.6 Å². The van der Waals surface area contributed by atoms with Crippen LogP contribution in [-0.2, 0) is 6.42 Å². The molecule has 1 fully saturated rings. The van der Waals surface area contributed by atoms with Crippen molar-refractivity contribution in [2.24, 2.45) is 10.9 Å². The Morgan fingerprint density at radius 2 is 2.12 bits per heavy atom. The lowest BCUT2D eigenvalue weighted by Crippen LogP contribution is -2.46. The highest BCUT2D eigenvalue weighted by Crippen LogP contribution is 2.18. The summed E-state index contributed by atoms with van der Waals surface area (Å²) >= 11 is 1.80. The summed E-state index contributed by atoms with van der Waals surface area (Å²) in [6, 6.07) is 0.649. The summed E-state index contributed by atoms with van der Waals surface area (Å²) in [6.07, 6.45) is 3.56. The van der Waals surface area contributed by atoms with Gasteiger partial charge in [0.25, 0.3) is 0 Å². The molecule has 25 heavy (non-hydrogen) atoms. The van der Waals surface area contributed by atoms with Crippen molar-refractivity contribution >= 4 is 41.3 Å². The number of hydrogen-bond acceptors (Lipinski definition) is 4. The average molecular weight is 479 g/mol. The fraction of sp³-hybridized carbons (Fsp3) is 0.778. The molecule has 0 amide bonds. The summed E-state index contributed by atoms with van der Waals surface area (Å²) in [6.45, 7) is 13.1. The number of nitrogens with one attached hydrogen (secondary N) is 2. The minimum Gasteiger partial charge on any atom is -0.356 e. The van der Waals surface area contributed by atoms with Crippen molar-refractivity contribution < 1.29 is 0 Å². The summed E-state index contributed by atoms with van der Waals surface area (Å²) < 4.78 is 0. The van der Waals surface area contributed by atoms with Crippen molar-refractivity contribution in [1.29, 1.82) is 0 Å². The Balaban J connectivity index is 0.00000312. The molecule has 1 unspecified atom stereocenters. The molecule has 0 spiro atoms. The highest BCUT2D eigenvalue weighted by molar-refractivity contribution is 14.0. The molecule has 1 aromatic heterocycles. The van der Waals surface area contributed by atoms with E-state index in [2.05, 4.69) is 53.2 Å². The Morgan fingerprint density at radius 3 is 2.72 bits per heavy atom. The van der Waals surface area contributed by atoms with Crippen molar-refractivity contribution in [3.8, 4) is 0 Å². The zero-order valence-corrected chi connectivity index (χ0v) is 19.4. The van der Waals surface area contributed by atoms with Gasteiger partial charge in [0.1, 0.15) is 0 Å². The molecule has 0 aliphatic carbocycles. The van der Waals surface area contributed by atoms with Gasteiger partial charge in [0.05, 0.1) is 10.7 Å². The number of aliphatic imine (C=N–C) groups is 1. The highest BCUT2D eigenvalue weighted by Gasteiger charge is 2.21. The lowest BCUT2D eigenvalue weighted by molar-refractivity contribution is 0.141. The molecule has 1 aliphatic rings. The second-order valence-electron chi connectivity index (χ2n) is 6.98. The minimum absolute atomic E-state index is 0. The van der Waals surface area contributed by atoms with E-state index in [1.54, 1.807) is 11.3 Å². The van der Waals surface area contributed by atoms with Gasteiger partial charge in [0, 0.05) is 44.0 Å². The van der Waals surface area contributed by atoms with Gasteiger partial charge in [-0.1, -0.05) is 0 Å². The molecule has 5 nitrogen and oxygen atoms in total. The number of likely N-dealkylation sites (tertiary alicyclic amines) is 1. The van der Waals surface area contributed by atoms with Gasteiger partial charge >= 0.3 is 0 Å².